The largest absolute Gasteiger partial charge is 0.398 e. The molecule has 1 heterocycles. The van der Waals surface area contributed by atoms with Gasteiger partial charge in [0.25, 0.3) is 5.91 Å². The summed E-state index contributed by atoms with van der Waals surface area (Å²) in [5.74, 6) is -0.312. The van der Waals surface area contributed by atoms with Crippen LogP contribution in [-0.4, -0.2) is 17.1 Å². The summed E-state index contributed by atoms with van der Waals surface area (Å²) in [7, 11) is 0. The molecule has 0 saturated carbocycles. The minimum atomic E-state index is -0.312. The summed E-state index contributed by atoms with van der Waals surface area (Å²) < 4.78 is 0. The molecule has 0 saturated heterocycles. The van der Waals surface area contributed by atoms with E-state index in [1.165, 1.54) is 0 Å². The van der Waals surface area contributed by atoms with Crippen LogP contribution in [0.3, 0.4) is 0 Å². The summed E-state index contributed by atoms with van der Waals surface area (Å²) in [6.45, 7) is 0. The fourth-order valence-corrected chi connectivity index (χ4v) is 2.40. The van der Waals surface area contributed by atoms with Crippen LogP contribution in [0, 0.1) is 5.41 Å². The van der Waals surface area contributed by atoms with Crippen LogP contribution in [0.2, 0.25) is 0 Å². The number of hydrogen-bond donors (Lipinski definition) is 3. The molecule has 0 aliphatic heterocycles. The molecule has 0 radical (unpaired) electrons. The van der Waals surface area contributed by atoms with Crippen molar-refractivity contribution in [3.8, 4) is 11.1 Å². The van der Waals surface area contributed by atoms with Crippen molar-refractivity contribution in [3.63, 3.8) is 0 Å². The Morgan fingerprint density at radius 2 is 1.88 bits per heavy atom. The third kappa shape index (κ3) is 3.15. The van der Waals surface area contributed by atoms with Gasteiger partial charge in [0.05, 0.1) is 11.3 Å². The van der Waals surface area contributed by atoms with Gasteiger partial charge in [-0.15, -0.1) is 0 Å². The Kier molecular flexibility index (Phi) is 4.34. The molecule has 5 heteroatoms. The topological polar surface area (TPSA) is 91.9 Å². The lowest BCUT2D eigenvalue weighted by Gasteiger charge is -2.12. The number of nitrogens with zero attached hydrogens (tertiary/aromatic N) is 1. The van der Waals surface area contributed by atoms with Crippen molar-refractivity contribution in [2.45, 2.75) is 0 Å². The Labute approximate surface area is 139 Å². The Bertz CT molecular complexity index is 877. The van der Waals surface area contributed by atoms with Crippen LogP contribution in [0.15, 0.2) is 67.0 Å². The molecule has 0 bridgehead atoms. The molecule has 1 amide bonds. The highest BCUT2D eigenvalue weighted by atomic mass is 16.1. The molecule has 3 rings (SSSR count). The van der Waals surface area contributed by atoms with Crippen LogP contribution in [0.4, 0.5) is 11.4 Å². The van der Waals surface area contributed by atoms with E-state index >= 15 is 0 Å². The van der Waals surface area contributed by atoms with Gasteiger partial charge in [0.15, 0.2) is 0 Å². The summed E-state index contributed by atoms with van der Waals surface area (Å²) >= 11 is 0. The van der Waals surface area contributed by atoms with Crippen molar-refractivity contribution >= 4 is 23.5 Å². The second-order valence-corrected chi connectivity index (χ2v) is 5.23. The first-order valence-corrected chi connectivity index (χ1v) is 7.40. The van der Waals surface area contributed by atoms with Crippen molar-refractivity contribution in [3.05, 3.63) is 78.1 Å². The molecule has 0 aliphatic rings. The molecule has 0 spiro atoms. The maximum absolute atomic E-state index is 12.6. The normalized spacial score (nSPS) is 10.2. The van der Waals surface area contributed by atoms with Crippen molar-refractivity contribution < 1.29 is 4.79 Å². The zero-order valence-corrected chi connectivity index (χ0v) is 12.9. The first-order valence-electron chi connectivity index (χ1n) is 7.40. The fourth-order valence-electron chi connectivity index (χ4n) is 2.40. The van der Waals surface area contributed by atoms with Crippen LogP contribution >= 0.6 is 0 Å². The van der Waals surface area contributed by atoms with Gasteiger partial charge in [-0.05, 0) is 35.9 Å². The SMILES string of the molecule is N=Cc1cc(-c2cccnc2)cc(C(=O)Nc2ccccc2)c1N. The number of carbonyl (C=O) groups is 1. The smallest absolute Gasteiger partial charge is 0.257 e. The number of aromatic nitrogens is 1. The van der Waals surface area contributed by atoms with Gasteiger partial charge >= 0.3 is 0 Å². The molecule has 0 aliphatic carbocycles. The van der Waals surface area contributed by atoms with Gasteiger partial charge < -0.3 is 16.5 Å². The predicted molar refractivity (Wildman–Crippen MR) is 96.4 cm³/mol. The zero-order chi connectivity index (χ0) is 16.9. The number of para-hydroxylation sites is 1. The van der Waals surface area contributed by atoms with Crippen molar-refractivity contribution in [2.24, 2.45) is 0 Å². The van der Waals surface area contributed by atoms with Crippen LogP contribution in [0.5, 0.6) is 0 Å². The van der Waals surface area contributed by atoms with E-state index in [9.17, 15) is 4.79 Å². The summed E-state index contributed by atoms with van der Waals surface area (Å²) in [4.78, 5) is 16.7. The number of benzene rings is 2. The predicted octanol–water partition coefficient (Wildman–Crippen LogP) is 3.58. The van der Waals surface area contributed by atoms with Gasteiger partial charge in [-0.25, -0.2) is 0 Å². The van der Waals surface area contributed by atoms with Crippen LogP contribution in [-0.2, 0) is 0 Å². The minimum absolute atomic E-state index is 0.283. The van der Waals surface area contributed by atoms with E-state index in [-0.39, 0.29) is 11.6 Å². The first kappa shape index (κ1) is 15.4. The summed E-state index contributed by atoms with van der Waals surface area (Å²) in [5.41, 5.74) is 9.51. The van der Waals surface area contributed by atoms with Gasteiger partial charge in [0.2, 0.25) is 0 Å². The second kappa shape index (κ2) is 6.75. The molecule has 1 aromatic heterocycles. The molecule has 5 nitrogen and oxygen atoms in total. The van der Waals surface area contributed by atoms with E-state index in [1.807, 2.05) is 30.3 Å². The number of rotatable bonds is 4. The summed E-state index contributed by atoms with van der Waals surface area (Å²) in [6, 6.07) is 16.4. The first-order chi connectivity index (χ1) is 11.7. The second-order valence-electron chi connectivity index (χ2n) is 5.23. The lowest BCUT2D eigenvalue weighted by atomic mass is 9.98. The highest BCUT2D eigenvalue weighted by Crippen LogP contribution is 2.27. The van der Waals surface area contributed by atoms with Crippen molar-refractivity contribution in [1.82, 2.24) is 4.98 Å². The molecule has 3 aromatic rings. The van der Waals surface area contributed by atoms with Gasteiger partial charge in [0.1, 0.15) is 0 Å². The molecule has 24 heavy (non-hydrogen) atoms. The highest BCUT2D eigenvalue weighted by molar-refractivity contribution is 6.10. The number of nitrogens with one attached hydrogen (secondary N) is 2. The molecule has 4 N–H and O–H groups in total. The van der Waals surface area contributed by atoms with E-state index in [0.29, 0.717) is 16.8 Å². The van der Waals surface area contributed by atoms with E-state index in [1.54, 1.807) is 36.7 Å². The lowest BCUT2D eigenvalue weighted by molar-refractivity contribution is 0.102. The maximum atomic E-state index is 12.6. The average molecular weight is 316 g/mol. The Morgan fingerprint density at radius 3 is 2.54 bits per heavy atom. The Hall–Kier alpha value is -3.47. The van der Waals surface area contributed by atoms with Gasteiger partial charge in [-0.1, -0.05) is 24.3 Å². The van der Waals surface area contributed by atoms with Crippen LogP contribution in [0.1, 0.15) is 15.9 Å². The monoisotopic (exact) mass is 316 g/mol. The Balaban J connectivity index is 2.03. The summed E-state index contributed by atoms with van der Waals surface area (Å²) in [6.07, 6.45) is 4.54. The maximum Gasteiger partial charge on any atom is 0.257 e. The van der Waals surface area contributed by atoms with E-state index in [2.05, 4.69) is 10.3 Å². The number of amides is 1. The number of nitrogens with two attached hydrogens (primary N) is 1. The third-order valence-corrected chi connectivity index (χ3v) is 3.64. The average Bonchev–Trinajstić information content (AvgIpc) is 2.63. The number of carbonyl (C=O) groups excluding carboxylic acids is 1. The fraction of sp³-hybridized carbons (Fsp3) is 0. The number of hydrogen-bond acceptors (Lipinski definition) is 4. The van der Waals surface area contributed by atoms with Crippen molar-refractivity contribution in [1.29, 1.82) is 5.41 Å². The standard InChI is InChI=1S/C19H16N4O/c20-11-15-9-14(13-5-4-8-22-12-13)10-17(18(15)21)19(24)23-16-6-2-1-3-7-16/h1-12,20H,21H2,(H,23,24). The number of anilines is 2. The quantitative estimate of drug-likeness (QED) is 0.507. The Morgan fingerprint density at radius 1 is 1.08 bits per heavy atom. The van der Waals surface area contributed by atoms with Gasteiger partial charge in [0, 0.05) is 35.4 Å². The van der Waals surface area contributed by atoms with E-state index < -0.39 is 0 Å². The van der Waals surface area contributed by atoms with E-state index in [0.717, 1.165) is 17.3 Å². The lowest BCUT2D eigenvalue weighted by Crippen LogP contribution is -2.15. The molecule has 0 atom stereocenters. The summed E-state index contributed by atoms with van der Waals surface area (Å²) in [5, 5.41) is 10.4. The molecular weight excluding hydrogens is 300 g/mol. The molecular formula is C19H16N4O. The molecule has 0 fully saturated rings. The zero-order valence-electron chi connectivity index (χ0n) is 12.9. The van der Waals surface area contributed by atoms with Crippen LogP contribution < -0.4 is 11.1 Å². The van der Waals surface area contributed by atoms with Crippen LogP contribution in [0.25, 0.3) is 11.1 Å². The van der Waals surface area contributed by atoms with Gasteiger partial charge in [-0.3, -0.25) is 9.78 Å². The minimum Gasteiger partial charge on any atom is -0.398 e. The van der Waals surface area contributed by atoms with Gasteiger partial charge in [-0.2, -0.15) is 0 Å². The van der Waals surface area contributed by atoms with Crippen molar-refractivity contribution in [2.75, 3.05) is 11.1 Å². The highest BCUT2D eigenvalue weighted by Gasteiger charge is 2.15. The number of nitrogen functional groups attached to an aromatic ring is 1. The molecule has 118 valence electrons. The molecule has 2 aromatic carbocycles. The third-order valence-electron chi connectivity index (χ3n) is 3.64. The molecule has 0 unspecified atom stereocenters. The number of pyridine rings is 1. The van der Waals surface area contributed by atoms with E-state index in [4.69, 9.17) is 11.1 Å².